The van der Waals surface area contributed by atoms with Gasteiger partial charge in [0.2, 0.25) is 5.71 Å². The molecule has 0 spiro atoms. The number of rotatable bonds is 4. The van der Waals surface area contributed by atoms with Crippen LogP contribution >= 0.6 is 15.9 Å². The highest BCUT2D eigenvalue weighted by Gasteiger charge is 2.16. The summed E-state index contributed by atoms with van der Waals surface area (Å²) in [4.78, 5) is 11.5. The highest BCUT2D eigenvalue weighted by Crippen LogP contribution is 2.32. The van der Waals surface area contributed by atoms with Crippen molar-refractivity contribution in [3.63, 3.8) is 0 Å². The van der Waals surface area contributed by atoms with Gasteiger partial charge in [0.05, 0.1) is 12.8 Å². The molecule has 0 aliphatic heterocycles. The van der Waals surface area contributed by atoms with E-state index in [1.54, 1.807) is 6.07 Å². The van der Waals surface area contributed by atoms with Crippen LogP contribution in [-0.4, -0.2) is 29.7 Å². The second kappa shape index (κ2) is 6.53. The Kier molecular flexibility index (Phi) is 5.05. The third-order valence-corrected chi connectivity index (χ3v) is 2.59. The van der Waals surface area contributed by atoms with E-state index in [0.717, 1.165) is 0 Å². The van der Waals surface area contributed by atoms with Crippen LogP contribution < -0.4 is 11.2 Å². The molecule has 0 aliphatic rings. The number of hydrogen-bond donors (Lipinski definition) is 4. The monoisotopic (exact) mass is 339 g/mol. The van der Waals surface area contributed by atoms with E-state index in [0.29, 0.717) is 4.47 Å². The minimum atomic E-state index is -0.733. The highest BCUT2D eigenvalue weighted by atomic mass is 79.9. The lowest BCUT2D eigenvalue weighted by molar-refractivity contribution is 0.0597. The maximum absolute atomic E-state index is 11.5. The van der Waals surface area contributed by atoms with Gasteiger partial charge < -0.3 is 15.6 Å². The van der Waals surface area contributed by atoms with Crippen molar-refractivity contribution in [1.29, 1.82) is 10.7 Å². The molecule has 8 nitrogen and oxygen atoms in total. The van der Waals surface area contributed by atoms with Crippen molar-refractivity contribution in [3.8, 4) is 11.8 Å². The Labute approximate surface area is 122 Å². The van der Waals surface area contributed by atoms with Gasteiger partial charge in [-0.2, -0.15) is 10.4 Å². The molecule has 0 bridgehead atoms. The third-order valence-electron chi connectivity index (χ3n) is 2.13. The standard InChI is InChI=1S/C11H10BrN5O3/c1-20-11(19)6-2-5(12)3-7(9(6)18)16-17-8(4-13)10(14)15/h2-3,16,18H,1H3,(H3,14,15)/b17-8+. The Morgan fingerprint density at radius 2 is 2.30 bits per heavy atom. The number of nitriles is 1. The molecule has 1 rings (SSSR count). The molecule has 20 heavy (non-hydrogen) atoms. The Morgan fingerprint density at radius 1 is 1.65 bits per heavy atom. The molecule has 1 aromatic carbocycles. The smallest absolute Gasteiger partial charge is 0.341 e. The Balaban J connectivity index is 3.21. The number of ether oxygens (including phenoxy) is 1. The number of carbonyl (C=O) groups excluding carboxylic acids is 1. The Morgan fingerprint density at radius 3 is 2.80 bits per heavy atom. The predicted octanol–water partition coefficient (Wildman–Crippen LogP) is 1.17. The first kappa shape index (κ1) is 15.5. The summed E-state index contributed by atoms with van der Waals surface area (Å²) in [6.07, 6.45) is 0. The zero-order valence-electron chi connectivity index (χ0n) is 10.3. The first-order chi connectivity index (χ1) is 9.40. The fourth-order valence-corrected chi connectivity index (χ4v) is 1.67. The number of nitrogens with two attached hydrogens (primary N) is 1. The van der Waals surface area contributed by atoms with Crippen LogP contribution in [0.25, 0.3) is 0 Å². The highest BCUT2D eigenvalue weighted by molar-refractivity contribution is 9.10. The maximum atomic E-state index is 11.5. The zero-order chi connectivity index (χ0) is 15.3. The number of nitrogens with one attached hydrogen (secondary N) is 2. The third kappa shape index (κ3) is 3.46. The number of amidine groups is 1. The quantitative estimate of drug-likeness (QED) is 0.213. The topological polar surface area (TPSA) is 145 Å². The van der Waals surface area contributed by atoms with Gasteiger partial charge in [-0.15, -0.1) is 0 Å². The van der Waals surface area contributed by atoms with Crippen molar-refractivity contribution < 1.29 is 14.6 Å². The van der Waals surface area contributed by atoms with E-state index in [1.807, 2.05) is 0 Å². The lowest BCUT2D eigenvalue weighted by atomic mass is 10.2. The number of anilines is 1. The molecule has 5 N–H and O–H groups in total. The summed E-state index contributed by atoms with van der Waals surface area (Å²) in [5.74, 6) is -1.66. The summed E-state index contributed by atoms with van der Waals surface area (Å²) in [5, 5.41) is 29.3. The van der Waals surface area contributed by atoms with Crippen molar-refractivity contribution >= 4 is 39.1 Å². The van der Waals surface area contributed by atoms with Crippen LogP contribution in [0.4, 0.5) is 5.69 Å². The number of methoxy groups -OCH3 is 1. The number of phenols is 1. The largest absolute Gasteiger partial charge is 0.505 e. The van der Waals surface area contributed by atoms with Crippen molar-refractivity contribution in [2.24, 2.45) is 10.8 Å². The first-order valence-corrected chi connectivity index (χ1v) is 5.89. The van der Waals surface area contributed by atoms with E-state index in [4.69, 9.17) is 16.4 Å². The SMILES string of the molecule is COC(=O)c1cc(Br)cc(N/N=C(\C#N)C(=N)N)c1O. The minimum absolute atomic E-state index is 0.0498. The Bertz CT molecular complexity index is 636. The van der Waals surface area contributed by atoms with Gasteiger partial charge in [-0.05, 0) is 12.1 Å². The number of hydrogen-bond acceptors (Lipinski definition) is 7. The Hall–Kier alpha value is -2.60. The maximum Gasteiger partial charge on any atom is 0.341 e. The molecule has 0 unspecified atom stereocenters. The molecule has 0 aromatic heterocycles. The van der Waals surface area contributed by atoms with Crippen LogP contribution in [0.3, 0.4) is 0 Å². The number of nitrogens with zero attached hydrogens (tertiary/aromatic N) is 2. The number of hydrazone groups is 1. The number of aromatic hydroxyl groups is 1. The molecule has 0 aliphatic carbocycles. The summed E-state index contributed by atoms with van der Waals surface area (Å²) in [6, 6.07) is 4.41. The molecule has 0 amide bonds. The molecule has 0 saturated carbocycles. The second-order valence-corrected chi connectivity index (χ2v) is 4.35. The van der Waals surface area contributed by atoms with Crippen LogP contribution in [0.2, 0.25) is 0 Å². The molecule has 0 fully saturated rings. The molecule has 0 heterocycles. The van der Waals surface area contributed by atoms with Crippen LogP contribution in [0, 0.1) is 16.7 Å². The number of phenolic OH excluding ortho intramolecular Hbond substituents is 1. The molecular formula is C11H10BrN5O3. The van der Waals surface area contributed by atoms with E-state index < -0.39 is 17.6 Å². The average Bonchev–Trinajstić information content (AvgIpc) is 2.41. The van der Waals surface area contributed by atoms with E-state index in [2.05, 4.69) is 31.2 Å². The van der Waals surface area contributed by atoms with Crippen molar-refractivity contribution in [2.75, 3.05) is 12.5 Å². The molecule has 0 atom stereocenters. The normalized spacial score (nSPS) is 10.6. The molecule has 0 saturated heterocycles. The molecule has 0 radical (unpaired) electrons. The van der Waals surface area contributed by atoms with Crippen LogP contribution in [-0.2, 0) is 4.74 Å². The summed E-state index contributed by atoms with van der Waals surface area (Å²) in [7, 11) is 1.18. The van der Waals surface area contributed by atoms with Gasteiger partial charge in [0.1, 0.15) is 11.6 Å². The molecule has 1 aromatic rings. The van der Waals surface area contributed by atoms with E-state index in [1.165, 1.54) is 19.2 Å². The predicted molar refractivity (Wildman–Crippen MR) is 75.7 cm³/mol. The summed E-state index contributed by atoms with van der Waals surface area (Å²) < 4.78 is 5.00. The number of benzene rings is 1. The van der Waals surface area contributed by atoms with Crippen LogP contribution in [0.15, 0.2) is 21.7 Å². The van der Waals surface area contributed by atoms with Gasteiger partial charge in [-0.1, -0.05) is 15.9 Å². The van der Waals surface area contributed by atoms with Crippen molar-refractivity contribution in [2.45, 2.75) is 0 Å². The number of esters is 1. The van der Waals surface area contributed by atoms with Crippen LogP contribution in [0.1, 0.15) is 10.4 Å². The van der Waals surface area contributed by atoms with Gasteiger partial charge in [0.25, 0.3) is 0 Å². The summed E-state index contributed by atoms with van der Waals surface area (Å²) >= 11 is 3.16. The van der Waals surface area contributed by atoms with E-state index in [9.17, 15) is 9.90 Å². The summed E-state index contributed by atoms with van der Waals surface area (Å²) in [5.41, 5.74) is 7.10. The van der Waals surface area contributed by atoms with Gasteiger partial charge >= 0.3 is 5.97 Å². The first-order valence-electron chi connectivity index (χ1n) is 5.09. The van der Waals surface area contributed by atoms with E-state index in [-0.39, 0.29) is 17.0 Å². The van der Waals surface area contributed by atoms with Gasteiger partial charge in [0, 0.05) is 4.47 Å². The zero-order valence-corrected chi connectivity index (χ0v) is 11.9. The number of carbonyl (C=O) groups is 1. The molecule has 9 heteroatoms. The fourth-order valence-electron chi connectivity index (χ4n) is 1.21. The van der Waals surface area contributed by atoms with Crippen LogP contribution in [0.5, 0.6) is 5.75 Å². The van der Waals surface area contributed by atoms with Gasteiger partial charge in [0.15, 0.2) is 11.6 Å². The lowest BCUT2D eigenvalue weighted by Gasteiger charge is -2.09. The fraction of sp³-hybridized carbons (Fsp3) is 0.0909. The van der Waals surface area contributed by atoms with Gasteiger partial charge in [-0.3, -0.25) is 10.8 Å². The minimum Gasteiger partial charge on any atom is -0.505 e. The summed E-state index contributed by atoms with van der Waals surface area (Å²) in [6.45, 7) is 0. The molecular weight excluding hydrogens is 330 g/mol. The second-order valence-electron chi connectivity index (χ2n) is 3.44. The van der Waals surface area contributed by atoms with Gasteiger partial charge in [-0.25, -0.2) is 4.79 Å². The number of halogens is 1. The molecule has 104 valence electrons. The average molecular weight is 340 g/mol. The van der Waals surface area contributed by atoms with E-state index >= 15 is 0 Å². The van der Waals surface area contributed by atoms with Crippen molar-refractivity contribution in [1.82, 2.24) is 0 Å². The van der Waals surface area contributed by atoms with Crippen molar-refractivity contribution in [3.05, 3.63) is 22.2 Å². The lowest BCUT2D eigenvalue weighted by Crippen LogP contribution is -2.21.